The van der Waals surface area contributed by atoms with Gasteiger partial charge in [-0.25, -0.2) is 0 Å². The van der Waals surface area contributed by atoms with Crippen LogP contribution in [-0.2, 0) is 33.4 Å². The fourth-order valence-electron chi connectivity index (χ4n) is 8.01. The lowest BCUT2D eigenvalue weighted by Gasteiger charge is -2.60. The minimum atomic E-state index is -1.71. The predicted molar refractivity (Wildman–Crippen MR) is 115 cm³/mol. The minimum Gasteiger partial charge on any atom is -0.458 e. The van der Waals surface area contributed by atoms with Gasteiger partial charge in [0.15, 0.2) is 18.5 Å². The van der Waals surface area contributed by atoms with E-state index in [9.17, 15) is 29.1 Å². The Morgan fingerprint density at radius 1 is 0.970 bits per heavy atom. The minimum absolute atomic E-state index is 0.00230. The largest absolute Gasteiger partial charge is 0.458 e. The molecule has 4 fully saturated rings. The molecule has 0 aromatic carbocycles. The van der Waals surface area contributed by atoms with Crippen molar-refractivity contribution in [2.24, 2.45) is 34.5 Å². The number of rotatable bonds is 4. The zero-order valence-electron chi connectivity index (χ0n) is 19.8. The van der Waals surface area contributed by atoms with Crippen molar-refractivity contribution >= 4 is 29.3 Å². The highest BCUT2D eigenvalue weighted by atomic mass is 16.5. The number of carbonyl (C=O) groups excluding carboxylic acids is 5. The first-order valence-electron chi connectivity index (χ1n) is 12.0. The molecule has 1 N–H and O–H groups in total. The van der Waals surface area contributed by atoms with Gasteiger partial charge in [-0.1, -0.05) is 13.8 Å². The highest BCUT2D eigenvalue weighted by molar-refractivity contribution is 5.93. The molecule has 4 rings (SSSR count). The van der Waals surface area contributed by atoms with E-state index in [2.05, 4.69) is 0 Å². The lowest BCUT2D eigenvalue weighted by Crippen LogP contribution is -2.64. The summed E-state index contributed by atoms with van der Waals surface area (Å²) < 4.78 is 10.3. The molecular weight excluding hydrogens is 428 g/mol. The van der Waals surface area contributed by atoms with E-state index in [-0.39, 0.29) is 54.5 Å². The van der Waals surface area contributed by atoms with Crippen molar-refractivity contribution in [2.75, 3.05) is 6.61 Å². The van der Waals surface area contributed by atoms with Gasteiger partial charge < -0.3 is 14.6 Å². The molecule has 0 heterocycles. The Kier molecular flexibility index (Phi) is 5.83. The number of aliphatic hydroxyl groups is 1. The molecule has 0 aliphatic heterocycles. The van der Waals surface area contributed by atoms with Crippen LogP contribution in [0.25, 0.3) is 0 Å². The van der Waals surface area contributed by atoms with E-state index in [4.69, 9.17) is 9.47 Å². The molecule has 0 saturated heterocycles. The van der Waals surface area contributed by atoms with Crippen molar-refractivity contribution in [3.8, 4) is 0 Å². The second-order valence-corrected chi connectivity index (χ2v) is 11.1. The van der Waals surface area contributed by atoms with Crippen molar-refractivity contribution in [3.05, 3.63) is 0 Å². The first-order chi connectivity index (χ1) is 15.3. The van der Waals surface area contributed by atoms with Crippen LogP contribution in [0.3, 0.4) is 0 Å². The van der Waals surface area contributed by atoms with E-state index in [0.717, 1.165) is 0 Å². The van der Waals surface area contributed by atoms with Crippen molar-refractivity contribution in [1.82, 2.24) is 0 Å². The zero-order chi connectivity index (χ0) is 24.3. The molecule has 33 heavy (non-hydrogen) atoms. The van der Waals surface area contributed by atoms with Crippen LogP contribution >= 0.6 is 0 Å². The second-order valence-electron chi connectivity index (χ2n) is 11.1. The molecule has 0 spiro atoms. The van der Waals surface area contributed by atoms with Crippen LogP contribution in [0.1, 0.15) is 72.6 Å². The monoisotopic (exact) mass is 462 g/mol. The summed E-state index contributed by atoms with van der Waals surface area (Å²) in [4.78, 5) is 62.1. The normalized spacial score (nSPS) is 44.3. The summed E-state index contributed by atoms with van der Waals surface area (Å²) >= 11 is 0. The quantitative estimate of drug-likeness (QED) is 0.631. The van der Waals surface area contributed by atoms with Crippen LogP contribution < -0.4 is 0 Å². The number of hydrogen-bond acceptors (Lipinski definition) is 8. The molecule has 8 nitrogen and oxygen atoms in total. The maximum absolute atomic E-state index is 13.7. The van der Waals surface area contributed by atoms with Crippen molar-refractivity contribution in [2.45, 2.75) is 84.3 Å². The summed E-state index contributed by atoms with van der Waals surface area (Å²) in [5.74, 6) is -2.26. The third-order valence-corrected chi connectivity index (χ3v) is 9.54. The van der Waals surface area contributed by atoms with E-state index in [1.807, 2.05) is 13.8 Å². The summed E-state index contributed by atoms with van der Waals surface area (Å²) in [7, 11) is 0. The maximum Gasteiger partial charge on any atom is 0.303 e. The number of esters is 2. The van der Waals surface area contributed by atoms with Gasteiger partial charge in [-0.15, -0.1) is 0 Å². The molecule has 4 saturated carbocycles. The van der Waals surface area contributed by atoms with Gasteiger partial charge in [-0.05, 0) is 49.4 Å². The third kappa shape index (κ3) is 3.47. The molecular formula is C25H34O8. The number of ether oxygens (including phenoxy) is 2. The number of fused-ring (bicyclic) bond motifs is 5. The summed E-state index contributed by atoms with van der Waals surface area (Å²) in [6, 6.07) is 0. The average Bonchev–Trinajstić information content (AvgIpc) is 2.99. The van der Waals surface area contributed by atoms with Gasteiger partial charge in [0, 0.05) is 43.9 Å². The third-order valence-electron chi connectivity index (χ3n) is 9.54. The molecule has 0 aromatic rings. The molecule has 2 unspecified atom stereocenters. The molecule has 182 valence electrons. The van der Waals surface area contributed by atoms with E-state index in [1.165, 1.54) is 13.8 Å². The molecule has 0 aromatic heterocycles. The zero-order valence-corrected chi connectivity index (χ0v) is 19.8. The van der Waals surface area contributed by atoms with E-state index in [1.54, 1.807) is 0 Å². The second kappa shape index (κ2) is 8.00. The van der Waals surface area contributed by atoms with Crippen LogP contribution in [-0.4, -0.2) is 52.7 Å². The number of hydrogen-bond donors (Lipinski definition) is 1. The Labute approximate surface area is 193 Å². The van der Waals surface area contributed by atoms with Crippen LogP contribution in [0.2, 0.25) is 0 Å². The van der Waals surface area contributed by atoms with Crippen LogP contribution in [0.5, 0.6) is 0 Å². The van der Waals surface area contributed by atoms with Gasteiger partial charge >= 0.3 is 11.9 Å². The first kappa shape index (κ1) is 24.0. The standard InChI is InChI=1S/C25H34O8/c1-13(26)32-12-20(30)25(31)10-7-16-15-5-6-17-22(33-14(2)27)18(28)8-9-23(17,3)21(15)19(29)11-24(16,25)4/h15-17,21-22,31H,5-12H2,1-4H3/t15-,16-,17?,21+,22?,23-,24-,25-/m0/s1. The van der Waals surface area contributed by atoms with Gasteiger partial charge in [0.25, 0.3) is 0 Å². The summed E-state index contributed by atoms with van der Waals surface area (Å²) in [5, 5.41) is 11.5. The van der Waals surface area contributed by atoms with Crippen molar-refractivity contribution in [3.63, 3.8) is 0 Å². The fraction of sp³-hybridized carbons (Fsp3) is 0.800. The summed E-state index contributed by atoms with van der Waals surface area (Å²) in [5.41, 5.74) is -3.11. The molecule has 4 aliphatic carbocycles. The number of carbonyl (C=O) groups is 5. The van der Waals surface area contributed by atoms with Gasteiger partial charge in [-0.3, -0.25) is 24.0 Å². The van der Waals surface area contributed by atoms with Gasteiger partial charge in [0.05, 0.1) is 0 Å². The topological polar surface area (TPSA) is 124 Å². The number of Topliss-reactive ketones (excluding diaryl/α,β-unsaturated/α-hetero) is 3. The van der Waals surface area contributed by atoms with Crippen molar-refractivity contribution < 1.29 is 38.6 Å². The van der Waals surface area contributed by atoms with Crippen LogP contribution in [0, 0.1) is 34.5 Å². The number of ketones is 3. The SMILES string of the molecule is CC(=O)OCC(=O)[C@@]1(O)CC[C@H]2[C@@H]3CCC4C(OC(C)=O)C(=O)CC[C@]4(C)[C@H]3C(=O)C[C@@]21C. The smallest absolute Gasteiger partial charge is 0.303 e. The molecule has 0 radical (unpaired) electrons. The molecule has 0 amide bonds. The molecule has 8 heteroatoms. The average molecular weight is 463 g/mol. The first-order valence-corrected chi connectivity index (χ1v) is 12.0. The highest BCUT2D eigenvalue weighted by Crippen LogP contribution is 2.67. The Bertz CT molecular complexity index is 910. The Hall–Kier alpha value is -2.09. The molecule has 0 bridgehead atoms. The molecule has 4 aliphatic rings. The Morgan fingerprint density at radius 3 is 2.30 bits per heavy atom. The Balaban J connectivity index is 1.64. The van der Waals surface area contributed by atoms with Crippen LogP contribution in [0.4, 0.5) is 0 Å². The Morgan fingerprint density at radius 2 is 1.67 bits per heavy atom. The lowest BCUT2D eigenvalue weighted by atomic mass is 9.43. The van der Waals surface area contributed by atoms with E-state index < -0.39 is 46.9 Å². The van der Waals surface area contributed by atoms with Gasteiger partial charge in [0.1, 0.15) is 11.4 Å². The van der Waals surface area contributed by atoms with Gasteiger partial charge in [-0.2, -0.15) is 0 Å². The van der Waals surface area contributed by atoms with Crippen LogP contribution in [0.15, 0.2) is 0 Å². The summed E-state index contributed by atoms with van der Waals surface area (Å²) in [6.45, 7) is 5.88. The van der Waals surface area contributed by atoms with Crippen molar-refractivity contribution in [1.29, 1.82) is 0 Å². The van der Waals surface area contributed by atoms with Gasteiger partial charge in [0.2, 0.25) is 5.78 Å². The summed E-state index contributed by atoms with van der Waals surface area (Å²) in [6.07, 6.45) is 2.27. The fourth-order valence-corrected chi connectivity index (χ4v) is 8.01. The maximum atomic E-state index is 13.7. The predicted octanol–water partition coefficient (Wildman–Crippen LogP) is 2.18. The van der Waals surface area contributed by atoms with E-state index in [0.29, 0.717) is 25.7 Å². The highest BCUT2D eigenvalue weighted by Gasteiger charge is 2.70. The molecule has 8 atom stereocenters. The lowest BCUT2D eigenvalue weighted by molar-refractivity contribution is -0.191. The van der Waals surface area contributed by atoms with E-state index >= 15 is 0 Å².